The van der Waals surface area contributed by atoms with Crippen LogP contribution in [0.4, 0.5) is 0 Å². The van der Waals surface area contributed by atoms with Crippen molar-refractivity contribution >= 4 is 3.21 Å². The molecular weight excluding hydrogens is 498 g/mol. The van der Waals surface area contributed by atoms with Crippen molar-refractivity contribution in [2.45, 2.75) is 27.2 Å². The molecular formula is C28H26Cl2Zr-2. The van der Waals surface area contributed by atoms with Crippen molar-refractivity contribution in [1.29, 1.82) is 0 Å². The molecule has 0 aromatic heterocycles. The van der Waals surface area contributed by atoms with Gasteiger partial charge in [-0.25, -0.2) is 12.1 Å². The fraction of sp³-hybridized carbons (Fsp3) is 0.143. The summed E-state index contributed by atoms with van der Waals surface area (Å²) in [5, 5.41) is 0. The van der Waals surface area contributed by atoms with Gasteiger partial charge in [-0.05, 0) is 18.9 Å². The summed E-state index contributed by atoms with van der Waals surface area (Å²) >= 11 is 1.51. The van der Waals surface area contributed by atoms with E-state index in [1.54, 1.807) is 0 Å². The topological polar surface area (TPSA) is 0 Å². The molecule has 0 amide bonds. The van der Waals surface area contributed by atoms with Crippen LogP contribution in [0.5, 0.6) is 0 Å². The summed E-state index contributed by atoms with van der Waals surface area (Å²) < 4.78 is 1.46. The van der Waals surface area contributed by atoms with E-state index in [0.29, 0.717) is 0 Å². The number of aryl methyl sites for hydroxylation is 2. The molecule has 0 N–H and O–H groups in total. The van der Waals surface area contributed by atoms with Crippen molar-refractivity contribution in [3.8, 4) is 11.1 Å². The zero-order valence-electron chi connectivity index (χ0n) is 18.1. The number of rotatable bonds is 1. The third-order valence-corrected chi connectivity index (χ3v) is 5.56. The summed E-state index contributed by atoms with van der Waals surface area (Å²) in [6.45, 7) is 6.42. The van der Waals surface area contributed by atoms with E-state index in [1.807, 2.05) is 36.4 Å². The molecule has 0 spiro atoms. The minimum absolute atomic E-state index is 0. The van der Waals surface area contributed by atoms with Gasteiger partial charge in [0.15, 0.2) is 0 Å². The Morgan fingerprint density at radius 1 is 0.839 bits per heavy atom. The Bertz CT molecular complexity index is 1000. The molecule has 0 atom stereocenters. The van der Waals surface area contributed by atoms with E-state index < -0.39 is 0 Å². The van der Waals surface area contributed by atoms with Crippen molar-refractivity contribution in [2.24, 2.45) is 0 Å². The van der Waals surface area contributed by atoms with Gasteiger partial charge in [0.1, 0.15) is 0 Å². The van der Waals surface area contributed by atoms with Gasteiger partial charge in [-0.15, -0.1) is 11.1 Å². The molecule has 0 fully saturated rings. The van der Waals surface area contributed by atoms with Crippen LogP contribution in [0.25, 0.3) is 11.1 Å². The average molecular weight is 525 g/mol. The third-order valence-electron chi connectivity index (χ3n) is 4.85. The van der Waals surface area contributed by atoms with Crippen molar-refractivity contribution in [3.63, 3.8) is 0 Å². The normalized spacial score (nSPS) is 9.97. The quantitative estimate of drug-likeness (QED) is 0.286. The smallest absolute Gasteiger partial charge is 0.0253 e. The molecule has 0 aliphatic heterocycles. The van der Waals surface area contributed by atoms with Crippen LogP contribution in [-0.4, -0.2) is 3.21 Å². The molecule has 31 heavy (non-hydrogen) atoms. The van der Waals surface area contributed by atoms with E-state index in [2.05, 4.69) is 81.4 Å². The van der Waals surface area contributed by atoms with Gasteiger partial charge in [0.05, 0.1) is 0 Å². The van der Waals surface area contributed by atoms with Gasteiger partial charge >= 0.3 is 70.3 Å². The van der Waals surface area contributed by atoms with Crippen molar-refractivity contribution in [3.05, 3.63) is 125 Å². The molecule has 4 aromatic carbocycles. The second kappa shape index (κ2) is 13.7. The van der Waals surface area contributed by atoms with Gasteiger partial charge in [-0.2, -0.15) is 42.0 Å². The molecule has 4 aromatic rings. The van der Waals surface area contributed by atoms with Crippen LogP contribution in [0, 0.1) is 19.9 Å². The molecule has 0 unspecified atom stereocenters. The number of benzene rings is 3. The van der Waals surface area contributed by atoms with Gasteiger partial charge in [0.2, 0.25) is 0 Å². The Labute approximate surface area is 214 Å². The number of halogens is 2. The standard InChI is InChI=1S/C15H13.C8H8.C5H5.2ClH.Zr/c1-10-3-5-14-12(7-10)9-13-8-11(2)4-6-15(13)14;1-2-8-6-4-3-5-7-8;1-2-4-5-3-1;;;/h3-7H,9H2,1-2H3;3-7H,1H3;1-5H;2*1H;/q-1;;-1;;;+2/p-2. The van der Waals surface area contributed by atoms with Crippen LogP contribution in [0.3, 0.4) is 0 Å². The third kappa shape index (κ3) is 8.08. The van der Waals surface area contributed by atoms with Gasteiger partial charge < -0.3 is 24.8 Å². The minimum atomic E-state index is 0. The molecule has 0 radical (unpaired) electrons. The second-order valence-electron chi connectivity index (χ2n) is 7.32. The Morgan fingerprint density at radius 2 is 1.48 bits per heavy atom. The first-order valence-electron chi connectivity index (χ1n) is 9.93. The first kappa shape index (κ1) is 27.4. The summed E-state index contributed by atoms with van der Waals surface area (Å²) in [5.41, 5.74) is 9.53. The summed E-state index contributed by atoms with van der Waals surface area (Å²) in [6, 6.07) is 35.0. The number of hydrogen-bond donors (Lipinski definition) is 0. The summed E-state index contributed by atoms with van der Waals surface area (Å²) in [4.78, 5) is 0. The van der Waals surface area contributed by atoms with Crippen LogP contribution in [0.2, 0.25) is 0 Å². The van der Waals surface area contributed by atoms with Crippen LogP contribution in [0.15, 0.2) is 91.0 Å². The van der Waals surface area contributed by atoms with Crippen LogP contribution >= 0.6 is 0 Å². The van der Waals surface area contributed by atoms with Crippen LogP contribution < -0.4 is 24.8 Å². The van der Waals surface area contributed by atoms with E-state index in [4.69, 9.17) is 0 Å². The molecule has 1 aliphatic rings. The molecule has 1 aliphatic carbocycles. The zero-order chi connectivity index (χ0) is 20.6. The van der Waals surface area contributed by atoms with Crippen molar-refractivity contribution in [2.75, 3.05) is 0 Å². The molecule has 0 bridgehead atoms. The maximum atomic E-state index is 3.45. The van der Waals surface area contributed by atoms with Crippen molar-refractivity contribution in [1.82, 2.24) is 0 Å². The van der Waals surface area contributed by atoms with Crippen LogP contribution in [-0.2, 0) is 30.7 Å². The minimum Gasteiger partial charge on any atom is -1.00 e. The van der Waals surface area contributed by atoms with Gasteiger partial charge in [0, 0.05) is 0 Å². The summed E-state index contributed by atoms with van der Waals surface area (Å²) in [5.74, 6) is 0. The van der Waals surface area contributed by atoms with E-state index in [1.165, 1.54) is 66.4 Å². The molecule has 0 saturated carbocycles. The van der Waals surface area contributed by atoms with Gasteiger partial charge in [0.25, 0.3) is 0 Å². The molecule has 5 rings (SSSR count). The molecule has 0 heterocycles. The predicted molar refractivity (Wildman–Crippen MR) is 121 cm³/mol. The van der Waals surface area contributed by atoms with E-state index in [-0.39, 0.29) is 24.8 Å². The summed E-state index contributed by atoms with van der Waals surface area (Å²) in [7, 11) is 0. The number of hydrogen-bond acceptors (Lipinski definition) is 0. The van der Waals surface area contributed by atoms with Crippen molar-refractivity contribution < 1.29 is 49.0 Å². The molecule has 0 saturated heterocycles. The van der Waals surface area contributed by atoms with E-state index in [9.17, 15) is 0 Å². The monoisotopic (exact) mass is 522 g/mol. The Morgan fingerprint density at radius 3 is 2.03 bits per heavy atom. The first-order valence-corrected chi connectivity index (χ1v) is 11.2. The van der Waals surface area contributed by atoms with E-state index in [0.717, 1.165) is 6.42 Å². The Kier molecular flexibility index (Phi) is 12.1. The molecule has 0 nitrogen and oxygen atoms in total. The Hall–Kier alpha value is -1.66. The Balaban J connectivity index is 0.000000258. The maximum absolute atomic E-state index is 3.45. The SMILES string of the molecule is C[C](=[Zr+2])c1ccccc1.Cc1[c-]c2c(cc1)-c1ccc(C)cc1C2.[Cl-].[Cl-].c1cc[cH-]c1. The molecule has 158 valence electrons. The second-order valence-corrected chi connectivity index (χ2v) is 9.17. The fourth-order valence-corrected chi connectivity index (χ4v) is 3.79. The van der Waals surface area contributed by atoms with Crippen LogP contribution in [0.1, 0.15) is 34.7 Å². The van der Waals surface area contributed by atoms with Gasteiger partial charge in [-0.3, -0.25) is 0 Å². The predicted octanol–water partition coefficient (Wildman–Crippen LogP) is 0.862. The summed E-state index contributed by atoms with van der Waals surface area (Å²) in [6.07, 6.45) is 1.05. The van der Waals surface area contributed by atoms with E-state index >= 15 is 0 Å². The maximum Gasteiger partial charge on any atom is -0.0253 e. The fourth-order valence-electron chi connectivity index (χ4n) is 3.38. The number of fused-ring (bicyclic) bond motifs is 3. The average Bonchev–Trinajstić information content (AvgIpc) is 3.40. The molecule has 3 heteroatoms. The van der Waals surface area contributed by atoms with Gasteiger partial charge in [-0.1, -0.05) is 36.2 Å². The first-order chi connectivity index (χ1) is 14.0. The largest absolute Gasteiger partial charge is 1.00 e. The zero-order valence-corrected chi connectivity index (χ0v) is 22.1.